The molecule has 0 fully saturated rings. The number of phenolic OH excluding ortho intramolecular Hbond substituents is 1. The molecule has 5 rings (SSSR count). The molecule has 174 valence electrons. The number of non-ortho nitro benzene ring substituents is 1. The Kier molecular flexibility index (Phi) is 5.79. The van der Waals surface area contributed by atoms with Crippen LogP contribution in [0.4, 0.5) is 11.5 Å². The van der Waals surface area contributed by atoms with Crippen LogP contribution in [0, 0.1) is 10.1 Å². The molecule has 0 radical (unpaired) electrons. The number of nitro benzene ring substituents is 1. The second kappa shape index (κ2) is 9.07. The van der Waals surface area contributed by atoms with Crippen molar-refractivity contribution in [3.63, 3.8) is 0 Å². The summed E-state index contributed by atoms with van der Waals surface area (Å²) in [5, 5.41) is 21.1. The van der Waals surface area contributed by atoms with Crippen molar-refractivity contribution in [3.8, 4) is 34.1 Å². The lowest BCUT2D eigenvalue weighted by atomic mass is 10.1. The van der Waals surface area contributed by atoms with E-state index in [4.69, 9.17) is 14.1 Å². The number of rotatable bonds is 6. The van der Waals surface area contributed by atoms with Gasteiger partial charge >= 0.3 is 0 Å². The van der Waals surface area contributed by atoms with Crippen LogP contribution in [-0.4, -0.2) is 32.7 Å². The minimum absolute atomic E-state index is 0.0145. The van der Waals surface area contributed by atoms with Gasteiger partial charge in [0.05, 0.1) is 18.2 Å². The lowest BCUT2D eigenvalue weighted by Crippen LogP contribution is -1.87. The number of aromatic nitrogens is 2. The van der Waals surface area contributed by atoms with Crippen molar-refractivity contribution in [2.45, 2.75) is 0 Å². The molecule has 0 unspecified atom stereocenters. The van der Waals surface area contributed by atoms with Gasteiger partial charge in [-0.3, -0.25) is 14.5 Å². The summed E-state index contributed by atoms with van der Waals surface area (Å²) >= 11 is 3.49. The van der Waals surface area contributed by atoms with Gasteiger partial charge < -0.3 is 14.3 Å². The molecule has 10 heteroatoms. The summed E-state index contributed by atoms with van der Waals surface area (Å²) in [6, 6.07) is 18.4. The maximum absolute atomic E-state index is 11.1. The van der Waals surface area contributed by atoms with Gasteiger partial charge in [-0.1, -0.05) is 12.1 Å². The number of benzene rings is 2. The summed E-state index contributed by atoms with van der Waals surface area (Å²) in [7, 11) is 1.48. The van der Waals surface area contributed by atoms with Gasteiger partial charge in [-0.05, 0) is 58.4 Å². The average molecular weight is 533 g/mol. The molecule has 0 atom stereocenters. The highest BCUT2D eigenvalue weighted by Crippen LogP contribution is 2.36. The first-order chi connectivity index (χ1) is 16.9. The van der Waals surface area contributed by atoms with Gasteiger partial charge in [0.25, 0.3) is 5.69 Å². The molecule has 2 aromatic carbocycles. The number of aliphatic imine (C=N–C) groups is 1. The molecule has 0 bridgehead atoms. The summed E-state index contributed by atoms with van der Waals surface area (Å²) in [5.74, 6) is 1.84. The maximum Gasteiger partial charge on any atom is 0.270 e. The number of phenols is 1. The van der Waals surface area contributed by atoms with E-state index < -0.39 is 4.92 Å². The van der Waals surface area contributed by atoms with Crippen LogP contribution in [0.5, 0.6) is 11.5 Å². The molecular weight excluding hydrogens is 516 g/mol. The van der Waals surface area contributed by atoms with E-state index in [0.717, 1.165) is 4.47 Å². The monoisotopic (exact) mass is 532 g/mol. The molecule has 0 amide bonds. The summed E-state index contributed by atoms with van der Waals surface area (Å²) in [6.45, 7) is 0. The van der Waals surface area contributed by atoms with Gasteiger partial charge in [-0.15, -0.1) is 0 Å². The highest BCUT2D eigenvalue weighted by molar-refractivity contribution is 9.10. The van der Waals surface area contributed by atoms with Crippen LogP contribution < -0.4 is 4.74 Å². The van der Waals surface area contributed by atoms with Crippen LogP contribution in [0.25, 0.3) is 28.2 Å². The SMILES string of the molecule is COc1cc(-c2nc3ccc(Br)cn3c2N=Cc2ccc(-c3cccc([N+](=O)[O-])c3)o2)ccc1O. The lowest BCUT2D eigenvalue weighted by Gasteiger charge is -2.06. The highest BCUT2D eigenvalue weighted by atomic mass is 79.9. The molecular formula is C25H17BrN4O5. The Morgan fingerprint density at radius 3 is 2.80 bits per heavy atom. The lowest BCUT2D eigenvalue weighted by molar-refractivity contribution is -0.384. The van der Waals surface area contributed by atoms with Crippen LogP contribution >= 0.6 is 15.9 Å². The molecule has 5 aromatic rings. The normalized spacial score (nSPS) is 11.4. The first-order valence-electron chi connectivity index (χ1n) is 10.4. The summed E-state index contributed by atoms with van der Waals surface area (Å²) in [5.41, 5.74) is 2.56. The van der Waals surface area contributed by atoms with E-state index in [2.05, 4.69) is 20.9 Å². The van der Waals surface area contributed by atoms with E-state index in [1.807, 2.05) is 22.7 Å². The standard InChI is InChI=1S/C25H17BrN4O5/c1-34-22-12-16(5-8-20(22)31)24-25(29-14-17(26)6-10-23(29)28-24)27-13-19-7-9-21(35-19)15-3-2-4-18(11-15)30(32)33/h2-14,31H,1H3. The fourth-order valence-corrected chi connectivity index (χ4v) is 3.96. The molecule has 3 aromatic heterocycles. The predicted molar refractivity (Wildman–Crippen MR) is 135 cm³/mol. The zero-order chi connectivity index (χ0) is 24.5. The quantitative estimate of drug-likeness (QED) is 0.154. The minimum Gasteiger partial charge on any atom is -0.504 e. The van der Waals surface area contributed by atoms with Crippen LogP contribution in [0.1, 0.15) is 5.76 Å². The second-order valence-electron chi connectivity index (χ2n) is 7.51. The first kappa shape index (κ1) is 22.4. The number of hydrogen-bond acceptors (Lipinski definition) is 7. The number of nitrogens with zero attached hydrogens (tertiary/aromatic N) is 4. The van der Waals surface area contributed by atoms with Crippen molar-refractivity contribution in [2.75, 3.05) is 7.11 Å². The predicted octanol–water partition coefficient (Wildman–Crippen LogP) is 6.40. The maximum atomic E-state index is 11.1. The Labute approximate surface area is 207 Å². The van der Waals surface area contributed by atoms with Crippen molar-refractivity contribution < 1.29 is 19.2 Å². The molecule has 0 aliphatic rings. The topological polar surface area (TPSA) is 115 Å². The number of imidazole rings is 1. The van der Waals surface area contributed by atoms with E-state index in [1.54, 1.807) is 48.7 Å². The largest absolute Gasteiger partial charge is 0.504 e. The Bertz CT molecular complexity index is 1610. The number of halogens is 1. The summed E-state index contributed by atoms with van der Waals surface area (Å²) in [6.07, 6.45) is 3.42. The van der Waals surface area contributed by atoms with Gasteiger partial charge in [-0.2, -0.15) is 0 Å². The van der Waals surface area contributed by atoms with Crippen LogP contribution in [-0.2, 0) is 0 Å². The fourth-order valence-electron chi connectivity index (χ4n) is 3.62. The van der Waals surface area contributed by atoms with Crippen LogP contribution in [0.15, 0.2) is 86.8 Å². The molecule has 3 heterocycles. The zero-order valence-corrected chi connectivity index (χ0v) is 19.8. The third-order valence-electron chi connectivity index (χ3n) is 5.29. The Balaban J connectivity index is 1.56. The van der Waals surface area contributed by atoms with Crippen molar-refractivity contribution in [2.24, 2.45) is 4.99 Å². The fraction of sp³-hybridized carbons (Fsp3) is 0.0400. The van der Waals surface area contributed by atoms with Gasteiger partial charge in [0.2, 0.25) is 0 Å². The molecule has 0 aliphatic heterocycles. The third-order valence-corrected chi connectivity index (χ3v) is 5.76. The Hall–Kier alpha value is -4.44. The minimum atomic E-state index is -0.447. The van der Waals surface area contributed by atoms with Crippen molar-refractivity contribution >= 4 is 39.3 Å². The first-order valence-corrected chi connectivity index (χ1v) is 11.2. The average Bonchev–Trinajstić information content (AvgIpc) is 3.48. The second-order valence-corrected chi connectivity index (χ2v) is 8.43. The summed E-state index contributed by atoms with van der Waals surface area (Å²) in [4.78, 5) is 20.0. The smallest absolute Gasteiger partial charge is 0.270 e. The number of hydrogen-bond donors (Lipinski definition) is 1. The molecule has 35 heavy (non-hydrogen) atoms. The van der Waals surface area contributed by atoms with Gasteiger partial charge in [0, 0.05) is 33.9 Å². The Morgan fingerprint density at radius 1 is 1.14 bits per heavy atom. The zero-order valence-electron chi connectivity index (χ0n) is 18.3. The number of furan rings is 1. The molecule has 0 saturated carbocycles. The van der Waals surface area contributed by atoms with Crippen molar-refractivity contribution in [3.05, 3.63) is 93.3 Å². The van der Waals surface area contributed by atoms with Crippen molar-refractivity contribution in [1.82, 2.24) is 9.38 Å². The van der Waals surface area contributed by atoms with E-state index in [9.17, 15) is 15.2 Å². The van der Waals surface area contributed by atoms with Crippen LogP contribution in [0.3, 0.4) is 0 Å². The highest BCUT2D eigenvalue weighted by Gasteiger charge is 2.16. The molecule has 9 nitrogen and oxygen atoms in total. The number of aromatic hydroxyl groups is 1. The van der Waals surface area contributed by atoms with Crippen molar-refractivity contribution in [1.29, 1.82) is 0 Å². The Morgan fingerprint density at radius 2 is 2.00 bits per heavy atom. The van der Waals surface area contributed by atoms with Gasteiger partial charge in [0.1, 0.15) is 22.9 Å². The molecule has 1 N–H and O–H groups in total. The van der Waals surface area contributed by atoms with E-state index in [-0.39, 0.29) is 11.4 Å². The molecule has 0 saturated heterocycles. The third kappa shape index (κ3) is 4.38. The number of nitro groups is 1. The van der Waals surface area contributed by atoms with Gasteiger partial charge in [0.15, 0.2) is 17.3 Å². The van der Waals surface area contributed by atoms with Gasteiger partial charge in [-0.25, -0.2) is 9.98 Å². The number of pyridine rings is 1. The number of fused-ring (bicyclic) bond motifs is 1. The van der Waals surface area contributed by atoms with Crippen LogP contribution in [0.2, 0.25) is 0 Å². The number of methoxy groups -OCH3 is 1. The molecule has 0 aliphatic carbocycles. The van der Waals surface area contributed by atoms with E-state index in [0.29, 0.717) is 45.6 Å². The summed E-state index contributed by atoms with van der Waals surface area (Å²) < 4.78 is 13.8. The van der Waals surface area contributed by atoms with E-state index >= 15 is 0 Å². The molecule has 0 spiro atoms. The number of ether oxygens (including phenoxy) is 1. The van der Waals surface area contributed by atoms with E-state index in [1.165, 1.54) is 19.2 Å².